The first-order valence-corrected chi connectivity index (χ1v) is 9.67. The molecule has 0 aliphatic carbocycles. The van der Waals surface area contributed by atoms with E-state index in [-0.39, 0.29) is 11.9 Å². The molecule has 4 rings (SSSR count). The van der Waals surface area contributed by atoms with Crippen LogP contribution in [0.3, 0.4) is 0 Å². The molecule has 28 heavy (non-hydrogen) atoms. The molecule has 140 valence electrons. The van der Waals surface area contributed by atoms with Crippen molar-refractivity contribution in [3.05, 3.63) is 90.5 Å². The molecule has 0 radical (unpaired) electrons. The molecule has 0 unspecified atom stereocenters. The third kappa shape index (κ3) is 3.44. The number of aromatic nitrogens is 1. The maximum atomic E-state index is 13.4. The second-order valence-electron chi connectivity index (χ2n) is 7.26. The minimum absolute atomic E-state index is 0.0836. The lowest BCUT2D eigenvalue weighted by Gasteiger charge is -2.27. The minimum atomic E-state index is 0.0836. The van der Waals surface area contributed by atoms with Gasteiger partial charge in [-0.05, 0) is 43.2 Å². The normalized spacial score (nSPS) is 11.1. The second-order valence-corrected chi connectivity index (χ2v) is 7.26. The molecule has 0 bridgehead atoms. The summed E-state index contributed by atoms with van der Waals surface area (Å²) in [4.78, 5) is 18.8. The summed E-state index contributed by atoms with van der Waals surface area (Å²) in [5, 5.41) is 1.10. The zero-order valence-corrected chi connectivity index (χ0v) is 16.2. The van der Waals surface area contributed by atoms with E-state index in [2.05, 4.69) is 43.1 Å². The molecule has 1 amide bonds. The Hall–Kier alpha value is -3.33. The molecule has 0 saturated heterocycles. The van der Waals surface area contributed by atoms with Gasteiger partial charge in [-0.15, -0.1) is 0 Å². The number of carbonyl (C=O) groups is 1. The number of anilines is 1. The molecular weight excluding hydrogens is 344 g/mol. The van der Waals surface area contributed by atoms with Crippen LogP contribution < -0.4 is 4.90 Å². The first kappa shape index (κ1) is 18.1. The highest BCUT2D eigenvalue weighted by Crippen LogP contribution is 2.31. The van der Waals surface area contributed by atoms with Crippen LogP contribution in [-0.2, 0) is 11.2 Å². The first-order chi connectivity index (χ1) is 13.6. The van der Waals surface area contributed by atoms with Crippen molar-refractivity contribution in [3.63, 3.8) is 0 Å². The van der Waals surface area contributed by atoms with Gasteiger partial charge in [0.1, 0.15) is 0 Å². The molecule has 3 aromatic carbocycles. The molecule has 0 atom stereocenters. The van der Waals surface area contributed by atoms with Gasteiger partial charge in [-0.25, -0.2) is 0 Å². The summed E-state index contributed by atoms with van der Waals surface area (Å²) in [6.07, 6.45) is 0.349. The van der Waals surface area contributed by atoms with E-state index >= 15 is 0 Å². The summed E-state index contributed by atoms with van der Waals surface area (Å²) in [7, 11) is 0. The SMILES string of the molecule is CC(C)N(C(=O)Cc1c(-c2ccccc2)[nH]c2ccccc12)c1ccccc1. The van der Waals surface area contributed by atoms with E-state index in [0.29, 0.717) is 6.42 Å². The minimum Gasteiger partial charge on any atom is -0.354 e. The number of amides is 1. The van der Waals surface area contributed by atoms with Gasteiger partial charge in [-0.3, -0.25) is 4.79 Å². The molecule has 0 saturated carbocycles. The summed E-state index contributed by atoms with van der Waals surface area (Å²) in [6, 6.07) is 28.4. The van der Waals surface area contributed by atoms with Gasteiger partial charge in [-0.1, -0.05) is 66.7 Å². The maximum Gasteiger partial charge on any atom is 0.231 e. The lowest BCUT2D eigenvalue weighted by molar-refractivity contribution is -0.118. The van der Waals surface area contributed by atoms with E-state index in [4.69, 9.17) is 0 Å². The number of rotatable bonds is 5. The lowest BCUT2D eigenvalue weighted by atomic mass is 10.0. The third-order valence-electron chi connectivity index (χ3n) is 5.02. The molecule has 0 spiro atoms. The Kier molecular flexibility index (Phi) is 4.98. The topological polar surface area (TPSA) is 36.1 Å². The Balaban J connectivity index is 1.77. The van der Waals surface area contributed by atoms with Crippen LogP contribution in [0.4, 0.5) is 5.69 Å². The smallest absolute Gasteiger partial charge is 0.231 e. The van der Waals surface area contributed by atoms with E-state index in [1.807, 2.05) is 65.6 Å². The van der Waals surface area contributed by atoms with Gasteiger partial charge in [0.25, 0.3) is 0 Å². The van der Waals surface area contributed by atoms with Gasteiger partial charge in [0.05, 0.1) is 12.1 Å². The number of benzene rings is 3. The fourth-order valence-corrected chi connectivity index (χ4v) is 3.79. The number of carbonyl (C=O) groups excluding carboxylic acids is 1. The van der Waals surface area contributed by atoms with E-state index < -0.39 is 0 Å². The van der Waals surface area contributed by atoms with Crippen LogP contribution in [-0.4, -0.2) is 16.9 Å². The Bertz CT molecular complexity index is 1080. The molecule has 1 N–H and O–H groups in total. The molecule has 0 aliphatic heterocycles. The van der Waals surface area contributed by atoms with Crippen molar-refractivity contribution in [2.24, 2.45) is 0 Å². The van der Waals surface area contributed by atoms with Gasteiger partial charge in [0, 0.05) is 22.6 Å². The van der Waals surface area contributed by atoms with Crippen LogP contribution >= 0.6 is 0 Å². The van der Waals surface area contributed by atoms with Crippen molar-refractivity contribution < 1.29 is 4.79 Å². The molecule has 1 heterocycles. The largest absolute Gasteiger partial charge is 0.354 e. The van der Waals surface area contributed by atoms with Crippen LogP contribution in [0.15, 0.2) is 84.9 Å². The van der Waals surface area contributed by atoms with E-state index in [1.165, 1.54) is 0 Å². The third-order valence-corrected chi connectivity index (χ3v) is 5.02. The zero-order valence-electron chi connectivity index (χ0n) is 16.2. The molecule has 3 heteroatoms. The van der Waals surface area contributed by atoms with Crippen molar-refractivity contribution >= 4 is 22.5 Å². The molecule has 0 fully saturated rings. The monoisotopic (exact) mass is 368 g/mol. The molecule has 4 aromatic rings. The number of hydrogen-bond acceptors (Lipinski definition) is 1. The van der Waals surface area contributed by atoms with Crippen molar-refractivity contribution in [1.29, 1.82) is 0 Å². The Labute approximate surface area is 165 Å². The van der Waals surface area contributed by atoms with Gasteiger partial charge in [0.15, 0.2) is 0 Å². The van der Waals surface area contributed by atoms with Crippen LogP contribution in [0.5, 0.6) is 0 Å². The average molecular weight is 368 g/mol. The predicted molar refractivity (Wildman–Crippen MR) is 117 cm³/mol. The highest BCUT2D eigenvalue weighted by atomic mass is 16.2. The van der Waals surface area contributed by atoms with Crippen molar-refractivity contribution in [1.82, 2.24) is 4.98 Å². The molecular formula is C25H24N2O. The summed E-state index contributed by atoms with van der Waals surface area (Å²) < 4.78 is 0. The average Bonchev–Trinajstić information content (AvgIpc) is 3.08. The quantitative estimate of drug-likeness (QED) is 0.473. The number of H-pyrrole nitrogens is 1. The highest BCUT2D eigenvalue weighted by Gasteiger charge is 2.22. The van der Waals surface area contributed by atoms with E-state index in [0.717, 1.165) is 33.4 Å². The van der Waals surface area contributed by atoms with Gasteiger partial charge < -0.3 is 9.88 Å². The van der Waals surface area contributed by atoms with E-state index in [9.17, 15) is 4.79 Å². The summed E-state index contributed by atoms with van der Waals surface area (Å²) in [6.45, 7) is 4.11. The van der Waals surface area contributed by atoms with Gasteiger partial charge in [-0.2, -0.15) is 0 Å². The van der Waals surface area contributed by atoms with Crippen LogP contribution in [0.25, 0.3) is 22.2 Å². The highest BCUT2D eigenvalue weighted by molar-refractivity contribution is 6.00. The van der Waals surface area contributed by atoms with Crippen molar-refractivity contribution in [2.75, 3.05) is 4.90 Å². The van der Waals surface area contributed by atoms with Crippen molar-refractivity contribution in [2.45, 2.75) is 26.3 Å². The first-order valence-electron chi connectivity index (χ1n) is 9.67. The Morgan fingerprint density at radius 1 is 0.857 bits per heavy atom. The van der Waals surface area contributed by atoms with Gasteiger partial charge in [0.2, 0.25) is 5.91 Å². The zero-order chi connectivity index (χ0) is 19.5. The molecule has 3 nitrogen and oxygen atoms in total. The van der Waals surface area contributed by atoms with Crippen molar-refractivity contribution in [3.8, 4) is 11.3 Å². The number of hydrogen-bond donors (Lipinski definition) is 1. The number of nitrogens with one attached hydrogen (secondary N) is 1. The lowest BCUT2D eigenvalue weighted by Crippen LogP contribution is -2.38. The summed E-state index contributed by atoms with van der Waals surface area (Å²) >= 11 is 0. The fourth-order valence-electron chi connectivity index (χ4n) is 3.79. The number of aromatic amines is 1. The van der Waals surface area contributed by atoms with Crippen LogP contribution in [0.2, 0.25) is 0 Å². The molecule has 0 aliphatic rings. The Morgan fingerprint density at radius 2 is 1.46 bits per heavy atom. The summed E-state index contributed by atoms with van der Waals surface area (Å²) in [5.41, 5.74) is 5.15. The Morgan fingerprint density at radius 3 is 2.14 bits per heavy atom. The standard InChI is InChI=1S/C25H24N2O/c1-18(2)27(20-13-7-4-8-14-20)24(28)17-22-21-15-9-10-16-23(21)26-25(22)19-11-5-3-6-12-19/h3-16,18,26H,17H2,1-2H3. The van der Waals surface area contributed by atoms with Crippen LogP contribution in [0, 0.1) is 0 Å². The summed E-state index contributed by atoms with van der Waals surface area (Å²) in [5.74, 6) is 0.100. The van der Waals surface area contributed by atoms with Crippen LogP contribution in [0.1, 0.15) is 19.4 Å². The predicted octanol–water partition coefficient (Wildman–Crippen LogP) is 5.82. The number of fused-ring (bicyclic) bond motifs is 1. The second kappa shape index (κ2) is 7.73. The number of para-hydroxylation sites is 2. The van der Waals surface area contributed by atoms with E-state index in [1.54, 1.807) is 0 Å². The molecule has 1 aromatic heterocycles. The fraction of sp³-hybridized carbons (Fsp3) is 0.160. The number of nitrogens with zero attached hydrogens (tertiary/aromatic N) is 1. The maximum absolute atomic E-state index is 13.4. The van der Waals surface area contributed by atoms with Gasteiger partial charge >= 0.3 is 0 Å².